The maximum absolute atomic E-state index is 14.4. The predicted octanol–water partition coefficient (Wildman–Crippen LogP) is 5.06. The van der Waals surface area contributed by atoms with Crippen LogP contribution in [0.4, 0.5) is 5.69 Å². The van der Waals surface area contributed by atoms with Crippen LogP contribution in [0.15, 0.2) is 60.7 Å². The average Bonchev–Trinajstić information content (AvgIpc) is 3.14. The number of anilines is 1. The van der Waals surface area contributed by atoms with Crippen LogP contribution in [-0.2, 0) is 4.79 Å². The Kier molecular flexibility index (Phi) is 5.16. The highest BCUT2D eigenvalue weighted by molar-refractivity contribution is 6.30. The molecule has 3 heterocycles. The Labute approximate surface area is 213 Å². The standard InChI is InChI=1S/C28H25ClN2O5/c1-28-24(15-7-5-4-6-8-15)19-14-36-21-10-9-16(29)11-18(21)25(19)31(28)26(32)17-12-22(34-2)23(35-3)13-20(17)30-27(28)33/h4-13,19,24-25H,14H2,1-3H3,(H,30,33)/t19-,24+,25+,28-/m1/s1. The quantitative estimate of drug-likeness (QED) is 0.539. The number of carbonyl (C=O) groups is 2. The third-order valence-electron chi connectivity index (χ3n) is 7.78. The summed E-state index contributed by atoms with van der Waals surface area (Å²) < 4.78 is 17.1. The van der Waals surface area contributed by atoms with Gasteiger partial charge in [-0.05, 0) is 36.8 Å². The third kappa shape index (κ3) is 3.05. The van der Waals surface area contributed by atoms with Gasteiger partial charge in [-0.2, -0.15) is 0 Å². The van der Waals surface area contributed by atoms with Crippen molar-refractivity contribution in [2.24, 2.45) is 5.92 Å². The lowest BCUT2D eigenvalue weighted by molar-refractivity contribution is -0.125. The topological polar surface area (TPSA) is 77.1 Å². The van der Waals surface area contributed by atoms with Crippen molar-refractivity contribution in [1.29, 1.82) is 0 Å². The number of benzene rings is 3. The van der Waals surface area contributed by atoms with E-state index < -0.39 is 11.6 Å². The summed E-state index contributed by atoms with van der Waals surface area (Å²) in [6, 6.07) is 18.1. The minimum absolute atomic E-state index is 0.167. The van der Waals surface area contributed by atoms with Crippen LogP contribution in [0.3, 0.4) is 0 Å². The van der Waals surface area contributed by atoms with Gasteiger partial charge >= 0.3 is 0 Å². The number of nitrogens with one attached hydrogen (secondary N) is 1. The zero-order valence-corrected chi connectivity index (χ0v) is 20.8. The molecule has 0 radical (unpaired) electrons. The first-order valence-corrected chi connectivity index (χ1v) is 12.1. The van der Waals surface area contributed by atoms with Crippen LogP contribution in [0, 0.1) is 5.92 Å². The molecule has 3 aromatic rings. The first-order chi connectivity index (χ1) is 17.4. The fourth-order valence-corrected chi connectivity index (χ4v) is 6.39. The molecule has 3 aliphatic rings. The van der Waals surface area contributed by atoms with Crippen LogP contribution in [0.2, 0.25) is 5.02 Å². The number of hydrogen-bond donors (Lipinski definition) is 1. The molecule has 4 atom stereocenters. The van der Waals surface area contributed by atoms with Gasteiger partial charge in [-0.1, -0.05) is 41.9 Å². The van der Waals surface area contributed by atoms with E-state index in [1.807, 2.05) is 49.4 Å². The molecule has 1 saturated heterocycles. The van der Waals surface area contributed by atoms with E-state index in [4.69, 9.17) is 25.8 Å². The molecule has 0 saturated carbocycles. The van der Waals surface area contributed by atoms with Gasteiger partial charge in [0.05, 0.1) is 38.1 Å². The van der Waals surface area contributed by atoms with Gasteiger partial charge in [0, 0.05) is 28.5 Å². The second-order valence-corrected chi connectivity index (χ2v) is 9.96. The molecule has 8 heteroatoms. The molecule has 0 bridgehead atoms. The number of amides is 2. The second-order valence-electron chi connectivity index (χ2n) is 9.52. The molecule has 0 spiro atoms. The highest BCUT2D eigenvalue weighted by Crippen LogP contribution is 2.60. The summed E-state index contributed by atoms with van der Waals surface area (Å²) in [6.07, 6.45) is 0. The van der Waals surface area contributed by atoms with E-state index in [0.29, 0.717) is 40.1 Å². The smallest absolute Gasteiger partial charge is 0.257 e. The number of hydrogen-bond acceptors (Lipinski definition) is 5. The SMILES string of the molecule is COc1cc2c(cc1OC)C(=O)N1[C@H]3c4cc(Cl)ccc4OC[C@@H]3[C@H](c3ccccc3)[C@]1(C)C(=O)N2. The fraction of sp³-hybridized carbons (Fsp3) is 0.286. The number of ether oxygens (including phenoxy) is 3. The van der Waals surface area contributed by atoms with Crippen molar-refractivity contribution < 1.29 is 23.8 Å². The molecular formula is C28H25ClN2O5. The van der Waals surface area contributed by atoms with Crippen molar-refractivity contribution in [3.8, 4) is 17.2 Å². The zero-order chi connectivity index (χ0) is 25.2. The van der Waals surface area contributed by atoms with Crippen LogP contribution in [-0.4, -0.2) is 43.1 Å². The Morgan fingerprint density at radius 1 is 1.03 bits per heavy atom. The number of halogens is 1. The van der Waals surface area contributed by atoms with Crippen molar-refractivity contribution >= 4 is 29.1 Å². The minimum Gasteiger partial charge on any atom is -0.493 e. The van der Waals surface area contributed by atoms with E-state index in [2.05, 4.69) is 5.32 Å². The van der Waals surface area contributed by atoms with Gasteiger partial charge in [0.15, 0.2) is 11.5 Å². The Balaban J connectivity index is 1.62. The van der Waals surface area contributed by atoms with Gasteiger partial charge in [0.2, 0.25) is 0 Å². The summed E-state index contributed by atoms with van der Waals surface area (Å²) >= 11 is 6.41. The summed E-state index contributed by atoms with van der Waals surface area (Å²) in [7, 11) is 3.03. The van der Waals surface area contributed by atoms with E-state index in [-0.39, 0.29) is 23.7 Å². The summed E-state index contributed by atoms with van der Waals surface area (Å²) in [5.41, 5.74) is 1.29. The van der Waals surface area contributed by atoms with E-state index in [1.165, 1.54) is 14.2 Å². The molecule has 2 amide bonds. The maximum atomic E-state index is 14.4. The average molecular weight is 505 g/mol. The monoisotopic (exact) mass is 504 g/mol. The predicted molar refractivity (Wildman–Crippen MR) is 135 cm³/mol. The van der Waals surface area contributed by atoms with Crippen LogP contribution in [0.25, 0.3) is 0 Å². The van der Waals surface area contributed by atoms with Gasteiger partial charge in [-0.3, -0.25) is 9.59 Å². The molecule has 36 heavy (non-hydrogen) atoms. The molecule has 0 unspecified atom stereocenters. The Bertz CT molecular complexity index is 1390. The maximum Gasteiger partial charge on any atom is 0.257 e. The Morgan fingerprint density at radius 3 is 2.47 bits per heavy atom. The first kappa shape index (κ1) is 22.7. The molecule has 1 N–H and O–H groups in total. The molecule has 1 fully saturated rings. The van der Waals surface area contributed by atoms with Crippen LogP contribution in [0.5, 0.6) is 17.2 Å². The molecule has 0 aromatic heterocycles. The van der Waals surface area contributed by atoms with Gasteiger partial charge in [-0.15, -0.1) is 0 Å². The lowest BCUT2D eigenvalue weighted by Gasteiger charge is -2.38. The third-order valence-corrected chi connectivity index (χ3v) is 8.01. The summed E-state index contributed by atoms with van der Waals surface area (Å²) in [6.45, 7) is 2.21. The molecule has 3 aromatic carbocycles. The summed E-state index contributed by atoms with van der Waals surface area (Å²) in [4.78, 5) is 30.3. The Hall–Kier alpha value is -3.71. The van der Waals surface area contributed by atoms with Crippen molar-refractivity contribution in [1.82, 2.24) is 4.90 Å². The van der Waals surface area contributed by atoms with Crippen LogP contribution >= 0.6 is 11.6 Å². The van der Waals surface area contributed by atoms with Gasteiger partial charge in [0.25, 0.3) is 11.8 Å². The minimum atomic E-state index is -1.21. The number of methoxy groups -OCH3 is 2. The highest BCUT2D eigenvalue weighted by atomic mass is 35.5. The summed E-state index contributed by atoms with van der Waals surface area (Å²) in [5, 5.41) is 3.57. The number of carbonyl (C=O) groups excluding carboxylic acids is 2. The zero-order valence-electron chi connectivity index (χ0n) is 20.1. The lowest BCUT2D eigenvalue weighted by Crippen LogP contribution is -2.54. The summed E-state index contributed by atoms with van der Waals surface area (Å²) in [5.74, 6) is 0.478. The molecule has 0 aliphatic carbocycles. The second kappa shape index (κ2) is 8.17. The van der Waals surface area contributed by atoms with E-state index in [9.17, 15) is 9.59 Å². The number of rotatable bonds is 3. The lowest BCUT2D eigenvalue weighted by atomic mass is 9.73. The molecule has 7 nitrogen and oxygen atoms in total. The number of nitrogens with zero attached hydrogens (tertiary/aromatic N) is 1. The molecule has 6 rings (SSSR count). The van der Waals surface area contributed by atoms with Crippen molar-refractivity contribution in [2.75, 3.05) is 26.1 Å². The van der Waals surface area contributed by atoms with Gasteiger partial charge in [0.1, 0.15) is 11.3 Å². The van der Waals surface area contributed by atoms with Crippen molar-refractivity contribution in [2.45, 2.75) is 24.4 Å². The van der Waals surface area contributed by atoms with Crippen LogP contribution < -0.4 is 19.5 Å². The van der Waals surface area contributed by atoms with Gasteiger partial charge < -0.3 is 24.4 Å². The van der Waals surface area contributed by atoms with E-state index >= 15 is 0 Å². The number of fused-ring (bicyclic) bond motifs is 6. The largest absolute Gasteiger partial charge is 0.493 e. The van der Waals surface area contributed by atoms with E-state index in [1.54, 1.807) is 23.1 Å². The van der Waals surface area contributed by atoms with Gasteiger partial charge in [-0.25, -0.2) is 0 Å². The highest BCUT2D eigenvalue weighted by Gasteiger charge is 2.65. The van der Waals surface area contributed by atoms with Crippen LogP contribution in [0.1, 0.15) is 40.4 Å². The normalized spacial score (nSPS) is 26.0. The van der Waals surface area contributed by atoms with E-state index in [0.717, 1.165) is 11.1 Å². The van der Waals surface area contributed by atoms with Crippen molar-refractivity contribution in [3.63, 3.8) is 0 Å². The first-order valence-electron chi connectivity index (χ1n) is 11.8. The Morgan fingerprint density at radius 2 is 1.75 bits per heavy atom. The molecule has 184 valence electrons. The molecular weight excluding hydrogens is 480 g/mol. The molecule has 3 aliphatic heterocycles. The van der Waals surface area contributed by atoms with Crippen molar-refractivity contribution in [3.05, 3.63) is 82.4 Å². The fourth-order valence-electron chi connectivity index (χ4n) is 6.21.